The lowest BCUT2D eigenvalue weighted by Gasteiger charge is -2.37. The van der Waals surface area contributed by atoms with Crippen LogP contribution in [0.2, 0.25) is 0 Å². The molecule has 20 heavy (non-hydrogen) atoms. The van der Waals surface area contributed by atoms with E-state index in [9.17, 15) is 0 Å². The third-order valence-electron chi connectivity index (χ3n) is 4.96. The van der Waals surface area contributed by atoms with Gasteiger partial charge in [0.25, 0.3) is 0 Å². The molecule has 0 amide bonds. The normalized spacial score (nSPS) is 26.6. The minimum Gasteiger partial charge on any atom is -0.317 e. The molecule has 0 bridgehead atoms. The van der Waals surface area contributed by atoms with Crippen LogP contribution < -0.4 is 5.32 Å². The highest BCUT2D eigenvalue weighted by Gasteiger charge is 2.30. The first-order valence-electron chi connectivity index (χ1n) is 8.51. The van der Waals surface area contributed by atoms with Gasteiger partial charge in [0.05, 0.1) is 0 Å². The predicted molar refractivity (Wildman–Crippen MR) is 88.2 cm³/mol. The lowest BCUT2D eigenvalue weighted by atomic mass is 9.70. The first-order valence-corrected chi connectivity index (χ1v) is 8.51. The van der Waals surface area contributed by atoms with Crippen LogP contribution in [0.3, 0.4) is 0 Å². The Morgan fingerprint density at radius 1 is 1.10 bits per heavy atom. The molecule has 1 heteroatoms. The van der Waals surface area contributed by atoms with Gasteiger partial charge in [-0.3, -0.25) is 0 Å². The zero-order chi connectivity index (χ0) is 14.4. The van der Waals surface area contributed by atoms with Crippen molar-refractivity contribution in [3.63, 3.8) is 0 Å². The van der Waals surface area contributed by atoms with Gasteiger partial charge in [0.1, 0.15) is 0 Å². The van der Waals surface area contributed by atoms with Gasteiger partial charge in [0, 0.05) is 0 Å². The number of hydrogen-bond acceptors (Lipinski definition) is 1. The predicted octanol–water partition coefficient (Wildman–Crippen LogP) is 4.90. The van der Waals surface area contributed by atoms with Crippen LogP contribution in [-0.2, 0) is 0 Å². The fraction of sp³-hybridized carbons (Fsp3) is 0.684. The summed E-state index contributed by atoms with van der Waals surface area (Å²) in [5, 5.41) is 3.58. The summed E-state index contributed by atoms with van der Waals surface area (Å²) in [5.41, 5.74) is 2.94. The smallest absolute Gasteiger partial charge is 0.00148 e. The van der Waals surface area contributed by atoms with Gasteiger partial charge in [-0.1, -0.05) is 62.9 Å². The third kappa shape index (κ3) is 4.09. The van der Waals surface area contributed by atoms with Crippen LogP contribution in [0.15, 0.2) is 24.3 Å². The fourth-order valence-electron chi connectivity index (χ4n) is 3.79. The molecule has 1 aliphatic carbocycles. The summed E-state index contributed by atoms with van der Waals surface area (Å²) >= 11 is 0. The summed E-state index contributed by atoms with van der Waals surface area (Å²) in [6.07, 6.45) is 6.98. The molecule has 0 aliphatic heterocycles. The molecule has 1 saturated carbocycles. The maximum Gasteiger partial charge on any atom is -0.00148 e. The second kappa shape index (κ2) is 7.83. The molecule has 3 atom stereocenters. The molecule has 0 heterocycles. The average Bonchev–Trinajstić information content (AvgIpc) is 2.47. The summed E-state index contributed by atoms with van der Waals surface area (Å²) in [6.45, 7) is 9.00. The van der Waals surface area contributed by atoms with E-state index in [0.29, 0.717) is 0 Å². The summed E-state index contributed by atoms with van der Waals surface area (Å²) in [7, 11) is 0. The summed E-state index contributed by atoms with van der Waals surface area (Å²) in [5.74, 6) is 2.54. The second-order valence-electron chi connectivity index (χ2n) is 6.55. The van der Waals surface area contributed by atoms with Gasteiger partial charge in [-0.2, -0.15) is 0 Å². The van der Waals surface area contributed by atoms with Crippen LogP contribution in [-0.4, -0.2) is 13.1 Å². The Hall–Kier alpha value is -0.820. The van der Waals surface area contributed by atoms with Gasteiger partial charge >= 0.3 is 0 Å². The standard InChI is InChI=1S/C19H31N/c1-4-6-16-9-12-18(14-20-5-2)19(13-16)17-10-7-15(3)8-11-17/h7-8,10-11,16,18-20H,4-6,9,12-14H2,1-3H3. The Labute approximate surface area is 125 Å². The topological polar surface area (TPSA) is 12.0 Å². The van der Waals surface area contributed by atoms with Gasteiger partial charge < -0.3 is 5.32 Å². The third-order valence-corrected chi connectivity index (χ3v) is 4.96. The largest absolute Gasteiger partial charge is 0.317 e. The zero-order valence-electron chi connectivity index (χ0n) is 13.5. The molecule has 1 fully saturated rings. The molecular weight excluding hydrogens is 242 g/mol. The first kappa shape index (κ1) is 15.6. The van der Waals surface area contributed by atoms with E-state index in [2.05, 4.69) is 50.4 Å². The van der Waals surface area contributed by atoms with Crippen LogP contribution >= 0.6 is 0 Å². The Kier molecular flexibility index (Phi) is 6.09. The van der Waals surface area contributed by atoms with Crippen LogP contribution in [0.5, 0.6) is 0 Å². The minimum atomic E-state index is 0.764. The molecular formula is C19H31N. The van der Waals surface area contributed by atoms with Crippen LogP contribution in [0.4, 0.5) is 0 Å². The molecule has 3 unspecified atom stereocenters. The molecule has 1 aromatic carbocycles. The molecule has 0 aromatic heterocycles. The molecule has 0 radical (unpaired) electrons. The van der Waals surface area contributed by atoms with Crippen molar-refractivity contribution in [2.24, 2.45) is 11.8 Å². The minimum absolute atomic E-state index is 0.764. The monoisotopic (exact) mass is 273 g/mol. The number of rotatable bonds is 6. The van der Waals surface area contributed by atoms with Crippen molar-refractivity contribution < 1.29 is 0 Å². The van der Waals surface area contributed by atoms with E-state index in [4.69, 9.17) is 0 Å². The van der Waals surface area contributed by atoms with Gasteiger partial charge in [-0.25, -0.2) is 0 Å². The Bertz CT molecular complexity index is 381. The quantitative estimate of drug-likeness (QED) is 0.777. The van der Waals surface area contributed by atoms with Crippen molar-refractivity contribution in [2.45, 2.75) is 58.8 Å². The van der Waals surface area contributed by atoms with Crippen LogP contribution in [0.1, 0.15) is 63.0 Å². The van der Waals surface area contributed by atoms with E-state index in [1.54, 1.807) is 5.56 Å². The first-order chi connectivity index (χ1) is 9.74. The van der Waals surface area contributed by atoms with Crippen molar-refractivity contribution in [1.29, 1.82) is 0 Å². The maximum atomic E-state index is 3.58. The molecule has 0 spiro atoms. The van der Waals surface area contributed by atoms with Gasteiger partial charge in [0.2, 0.25) is 0 Å². The number of aryl methyl sites for hydroxylation is 1. The highest BCUT2D eigenvalue weighted by Crippen LogP contribution is 2.41. The molecule has 1 aliphatic rings. The summed E-state index contributed by atoms with van der Waals surface area (Å²) in [6, 6.07) is 9.30. The van der Waals surface area contributed by atoms with Crippen molar-refractivity contribution in [3.8, 4) is 0 Å². The molecule has 1 nitrogen and oxygen atoms in total. The molecule has 1 aromatic rings. The van der Waals surface area contributed by atoms with E-state index >= 15 is 0 Å². The van der Waals surface area contributed by atoms with Gasteiger partial charge in [-0.15, -0.1) is 0 Å². The van der Waals surface area contributed by atoms with E-state index < -0.39 is 0 Å². The van der Waals surface area contributed by atoms with Crippen molar-refractivity contribution in [3.05, 3.63) is 35.4 Å². The van der Waals surface area contributed by atoms with E-state index in [1.807, 2.05) is 0 Å². The van der Waals surface area contributed by atoms with E-state index in [1.165, 1.54) is 44.2 Å². The molecule has 0 saturated heterocycles. The van der Waals surface area contributed by atoms with Gasteiger partial charge in [-0.05, 0) is 56.2 Å². The SMILES string of the molecule is CCCC1CCC(CNCC)C(c2ccc(C)cc2)C1. The molecule has 112 valence electrons. The maximum absolute atomic E-state index is 3.58. The Morgan fingerprint density at radius 2 is 1.85 bits per heavy atom. The second-order valence-corrected chi connectivity index (χ2v) is 6.55. The Morgan fingerprint density at radius 3 is 2.50 bits per heavy atom. The van der Waals surface area contributed by atoms with Crippen molar-refractivity contribution in [1.82, 2.24) is 5.32 Å². The summed E-state index contributed by atoms with van der Waals surface area (Å²) < 4.78 is 0. The lowest BCUT2D eigenvalue weighted by molar-refractivity contribution is 0.221. The number of benzene rings is 1. The molecule has 2 rings (SSSR count). The Balaban J connectivity index is 2.10. The van der Waals surface area contributed by atoms with E-state index in [-0.39, 0.29) is 0 Å². The number of nitrogens with one attached hydrogen (secondary N) is 1. The highest BCUT2D eigenvalue weighted by molar-refractivity contribution is 5.25. The zero-order valence-corrected chi connectivity index (χ0v) is 13.5. The highest BCUT2D eigenvalue weighted by atomic mass is 14.8. The van der Waals surface area contributed by atoms with Gasteiger partial charge in [0.15, 0.2) is 0 Å². The fourth-order valence-corrected chi connectivity index (χ4v) is 3.79. The van der Waals surface area contributed by atoms with E-state index in [0.717, 1.165) is 24.3 Å². The lowest BCUT2D eigenvalue weighted by Crippen LogP contribution is -2.32. The van der Waals surface area contributed by atoms with Crippen molar-refractivity contribution in [2.75, 3.05) is 13.1 Å². The van der Waals surface area contributed by atoms with Crippen LogP contribution in [0.25, 0.3) is 0 Å². The van der Waals surface area contributed by atoms with Crippen LogP contribution in [0, 0.1) is 18.8 Å². The number of hydrogen-bond donors (Lipinski definition) is 1. The molecule has 1 N–H and O–H groups in total. The average molecular weight is 273 g/mol. The van der Waals surface area contributed by atoms with Crippen molar-refractivity contribution >= 4 is 0 Å². The summed E-state index contributed by atoms with van der Waals surface area (Å²) in [4.78, 5) is 0.